The molecule has 1 amide bonds. The monoisotopic (exact) mass is 457 g/mol. The number of fused-ring (bicyclic) bond motifs is 2. The Morgan fingerprint density at radius 3 is 2.85 bits per heavy atom. The number of amides is 1. The van der Waals surface area contributed by atoms with Crippen LogP contribution >= 0.6 is 0 Å². The fraction of sp³-hybridized carbons (Fsp3) is 0.208. The van der Waals surface area contributed by atoms with Crippen LogP contribution in [0.1, 0.15) is 23.6 Å². The van der Waals surface area contributed by atoms with Crippen molar-refractivity contribution in [2.75, 3.05) is 30.5 Å². The van der Waals surface area contributed by atoms with Crippen LogP contribution in [-0.4, -0.2) is 46.6 Å². The molecule has 0 N–H and O–H groups in total. The van der Waals surface area contributed by atoms with Gasteiger partial charge < -0.3 is 9.64 Å². The molecule has 2 aromatic heterocycles. The molecule has 0 saturated carbocycles. The number of halogens is 1. The number of hydrogen-bond donors (Lipinski definition) is 0. The molecule has 1 aliphatic rings. The zero-order chi connectivity index (χ0) is 23.8. The smallest absolute Gasteiger partial charge is 0.237 e. The highest BCUT2D eigenvalue weighted by atomic mass is 19.1. The summed E-state index contributed by atoms with van der Waals surface area (Å²) in [5.74, 6) is 0.703. The standard InChI is InChI=1S/C24H20FN7O2/c1-30(2)21-12-27-24(31-13-28-18-6-3-15(11-26)9-20(18)31)29-23(21)32(14-33)19-7-8-34-22-10-16(25)4-5-17(19)22/h3-6,9-10,12-14,19H,7-8H2,1-2H3/t19-/m1/s1. The third-order valence-corrected chi connectivity index (χ3v) is 5.79. The van der Waals surface area contributed by atoms with Crippen molar-refractivity contribution in [1.82, 2.24) is 19.5 Å². The number of carbonyl (C=O) groups is 1. The summed E-state index contributed by atoms with van der Waals surface area (Å²) in [6.45, 7) is 0.337. The Morgan fingerprint density at radius 2 is 2.09 bits per heavy atom. The van der Waals surface area contributed by atoms with Gasteiger partial charge in [0.05, 0.1) is 47.2 Å². The Bertz CT molecular complexity index is 1440. The normalized spacial score (nSPS) is 14.7. The highest BCUT2D eigenvalue weighted by Gasteiger charge is 2.31. The highest BCUT2D eigenvalue weighted by molar-refractivity contribution is 5.83. The number of anilines is 2. The summed E-state index contributed by atoms with van der Waals surface area (Å²) in [6, 6.07) is 11.2. The molecule has 0 fully saturated rings. The number of nitrogens with zero attached hydrogens (tertiary/aromatic N) is 7. The van der Waals surface area contributed by atoms with Crippen LogP contribution in [0.15, 0.2) is 48.9 Å². The summed E-state index contributed by atoms with van der Waals surface area (Å²) >= 11 is 0. The van der Waals surface area contributed by atoms with Crippen LogP contribution in [0, 0.1) is 17.1 Å². The first-order valence-corrected chi connectivity index (χ1v) is 10.6. The van der Waals surface area contributed by atoms with Crippen LogP contribution in [0.5, 0.6) is 5.75 Å². The maximum atomic E-state index is 13.8. The van der Waals surface area contributed by atoms with Crippen LogP contribution in [0.25, 0.3) is 17.0 Å². The predicted octanol–water partition coefficient (Wildman–Crippen LogP) is 3.38. The summed E-state index contributed by atoms with van der Waals surface area (Å²) in [6.07, 6.45) is 4.46. The minimum Gasteiger partial charge on any atom is -0.493 e. The molecule has 2 aromatic carbocycles. The third kappa shape index (κ3) is 3.57. The molecule has 1 aliphatic heterocycles. The first-order valence-electron chi connectivity index (χ1n) is 10.6. The van der Waals surface area contributed by atoms with Gasteiger partial charge in [-0.15, -0.1) is 0 Å². The number of benzene rings is 2. The van der Waals surface area contributed by atoms with Crippen molar-refractivity contribution in [3.63, 3.8) is 0 Å². The van der Waals surface area contributed by atoms with Gasteiger partial charge in [0.2, 0.25) is 12.4 Å². The average Bonchev–Trinajstić information content (AvgIpc) is 3.27. The summed E-state index contributed by atoms with van der Waals surface area (Å²) in [4.78, 5) is 29.4. The van der Waals surface area contributed by atoms with Crippen molar-refractivity contribution in [3.05, 3.63) is 65.9 Å². The Morgan fingerprint density at radius 1 is 1.24 bits per heavy atom. The van der Waals surface area contributed by atoms with Crippen molar-refractivity contribution in [2.24, 2.45) is 0 Å². The van der Waals surface area contributed by atoms with Crippen LogP contribution in [0.2, 0.25) is 0 Å². The second-order valence-corrected chi connectivity index (χ2v) is 8.05. The first-order chi connectivity index (χ1) is 16.5. The van der Waals surface area contributed by atoms with Crippen LogP contribution in [0.3, 0.4) is 0 Å². The molecule has 1 atom stereocenters. The lowest BCUT2D eigenvalue weighted by Crippen LogP contribution is -2.33. The van der Waals surface area contributed by atoms with E-state index in [2.05, 4.69) is 16.0 Å². The minimum absolute atomic E-state index is 0.302. The van der Waals surface area contributed by atoms with E-state index < -0.39 is 11.9 Å². The maximum Gasteiger partial charge on any atom is 0.237 e. The quantitative estimate of drug-likeness (QED) is 0.424. The number of ether oxygens (including phenoxy) is 1. The van der Waals surface area contributed by atoms with Gasteiger partial charge in [-0.2, -0.15) is 10.2 Å². The molecule has 4 aromatic rings. The number of imidazole rings is 1. The number of rotatable bonds is 5. The molecule has 9 nitrogen and oxygen atoms in total. The van der Waals surface area contributed by atoms with Crippen molar-refractivity contribution in [2.45, 2.75) is 12.5 Å². The molecular weight excluding hydrogens is 437 g/mol. The zero-order valence-electron chi connectivity index (χ0n) is 18.5. The molecule has 170 valence electrons. The molecule has 34 heavy (non-hydrogen) atoms. The topological polar surface area (TPSA) is 100 Å². The van der Waals surface area contributed by atoms with E-state index in [0.717, 1.165) is 6.41 Å². The molecule has 0 spiro atoms. The van der Waals surface area contributed by atoms with Crippen molar-refractivity contribution < 1.29 is 13.9 Å². The van der Waals surface area contributed by atoms with Gasteiger partial charge in [0.15, 0.2) is 5.82 Å². The summed E-state index contributed by atoms with van der Waals surface area (Å²) in [5.41, 5.74) is 3.19. The minimum atomic E-state index is -0.404. The van der Waals surface area contributed by atoms with E-state index in [1.54, 1.807) is 41.4 Å². The van der Waals surface area contributed by atoms with Crippen molar-refractivity contribution >= 4 is 28.9 Å². The van der Waals surface area contributed by atoms with Gasteiger partial charge in [0, 0.05) is 32.1 Å². The van der Waals surface area contributed by atoms with E-state index >= 15 is 0 Å². The van der Waals surface area contributed by atoms with Gasteiger partial charge in [-0.25, -0.2) is 14.4 Å². The van der Waals surface area contributed by atoms with E-state index in [1.807, 2.05) is 19.0 Å². The molecule has 0 bridgehead atoms. The van der Waals surface area contributed by atoms with E-state index in [4.69, 9.17) is 9.72 Å². The lowest BCUT2D eigenvalue weighted by atomic mass is 9.99. The maximum absolute atomic E-state index is 13.8. The molecule has 5 rings (SSSR count). The molecule has 0 saturated heterocycles. The largest absolute Gasteiger partial charge is 0.493 e. The van der Waals surface area contributed by atoms with Gasteiger partial charge in [-0.1, -0.05) is 6.07 Å². The van der Waals surface area contributed by atoms with Crippen molar-refractivity contribution in [1.29, 1.82) is 5.26 Å². The summed E-state index contributed by atoms with van der Waals surface area (Å²) in [5, 5.41) is 9.29. The Labute approximate surface area is 194 Å². The zero-order valence-corrected chi connectivity index (χ0v) is 18.5. The second kappa shape index (κ2) is 8.44. The van der Waals surface area contributed by atoms with Gasteiger partial charge in [0.1, 0.15) is 17.9 Å². The van der Waals surface area contributed by atoms with Gasteiger partial charge in [-0.05, 0) is 24.3 Å². The van der Waals surface area contributed by atoms with E-state index in [9.17, 15) is 14.4 Å². The van der Waals surface area contributed by atoms with Gasteiger partial charge >= 0.3 is 0 Å². The van der Waals surface area contributed by atoms with Gasteiger partial charge in [0.25, 0.3) is 0 Å². The fourth-order valence-electron chi connectivity index (χ4n) is 4.12. The highest BCUT2D eigenvalue weighted by Crippen LogP contribution is 2.40. The van der Waals surface area contributed by atoms with E-state index in [0.29, 0.717) is 58.4 Å². The van der Waals surface area contributed by atoms with Crippen molar-refractivity contribution in [3.8, 4) is 17.8 Å². The SMILES string of the molecule is CN(C)c1cnc(-n2cnc3ccc(C#N)cc32)nc1N(C=O)[C@@H]1CCOc2cc(F)ccc21. The Hall–Kier alpha value is -4.52. The van der Waals surface area contributed by atoms with Gasteiger partial charge in [-0.3, -0.25) is 14.3 Å². The molecule has 0 unspecified atom stereocenters. The number of aromatic nitrogens is 4. The Kier molecular flexibility index (Phi) is 5.30. The molecule has 3 heterocycles. The molecule has 10 heteroatoms. The number of hydrogen-bond acceptors (Lipinski definition) is 7. The molecule has 0 aliphatic carbocycles. The summed E-state index contributed by atoms with van der Waals surface area (Å²) in [7, 11) is 3.67. The predicted molar refractivity (Wildman–Crippen MR) is 123 cm³/mol. The average molecular weight is 457 g/mol. The number of carbonyl (C=O) groups excluding carboxylic acids is 1. The number of nitriles is 1. The first kappa shape index (κ1) is 21.3. The molecule has 0 radical (unpaired) electrons. The molecular formula is C24H20FN7O2. The van der Waals surface area contributed by atoms with E-state index in [1.165, 1.54) is 17.0 Å². The lowest BCUT2D eigenvalue weighted by Gasteiger charge is -2.34. The Balaban J connectivity index is 1.65. The van der Waals surface area contributed by atoms with Crippen LogP contribution in [-0.2, 0) is 4.79 Å². The summed E-state index contributed by atoms with van der Waals surface area (Å²) < 4.78 is 21.1. The lowest BCUT2D eigenvalue weighted by molar-refractivity contribution is -0.108. The second-order valence-electron chi connectivity index (χ2n) is 8.05. The van der Waals surface area contributed by atoms with Crippen LogP contribution in [0.4, 0.5) is 15.9 Å². The third-order valence-electron chi connectivity index (χ3n) is 5.79. The van der Waals surface area contributed by atoms with Crippen LogP contribution < -0.4 is 14.5 Å². The van der Waals surface area contributed by atoms with E-state index in [-0.39, 0.29) is 0 Å². The fourth-order valence-corrected chi connectivity index (χ4v) is 4.12.